The SMILES string of the molecule is F[C@H]1CCN(c2nccc(-c3ccccc3)c2-c2nc3ccccc3[nH]2)C1. The number of rotatable bonds is 3. The molecule has 3 heterocycles. The van der Waals surface area contributed by atoms with Crippen molar-refractivity contribution in [2.24, 2.45) is 0 Å². The second-order valence-corrected chi connectivity index (χ2v) is 6.86. The van der Waals surface area contributed by atoms with Gasteiger partial charge in [-0.05, 0) is 35.7 Å². The van der Waals surface area contributed by atoms with Crippen molar-refractivity contribution >= 4 is 16.9 Å². The molecule has 1 fully saturated rings. The number of fused-ring (bicyclic) bond motifs is 1. The average molecular weight is 358 g/mol. The van der Waals surface area contributed by atoms with Crippen molar-refractivity contribution in [3.05, 3.63) is 66.9 Å². The van der Waals surface area contributed by atoms with Gasteiger partial charge in [0.2, 0.25) is 0 Å². The highest BCUT2D eigenvalue weighted by atomic mass is 19.1. The average Bonchev–Trinajstić information content (AvgIpc) is 3.34. The molecule has 0 radical (unpaired) electrons. The molecular weight excluding hydrogens is 339 g/mol. The lowest BCUT2D eigenvalue weighted by Crippen LogP contribution is -2.22. The number of nitrogens with zero attached hydrogens (tertiary/aromatic N) is 3. The molecule has 0 amide bonds. The van der Waals surface area contributed by atoms with Gasteiger partial charge in [0.15, 0.2) is 0 Å². The number of nitrogens with one attached hydrogen (secondary N) is 1. The summed E-state index contributed by atoms with van der Waals surface area (Å²) in [4.78, 5) is 14.9. The minimum atomic E-state index is -0.810. The van der Waals surface area contributed by atoms with E-state index in [0.29, 0.717) is 19.5 Å². The molecule has 0 aliphatic carbocycles. The van der Waals surface area contributed by atoms with E-state index in [4.69, 9.17) is 4.98 Å². The summed E-state index contributed by atoms with van der Waals surface area (Å²) in [5.74, 6) is 1.55. The quantitative estimate of drug-likeness (QED) is 0.570. The molecule has 4 aromatic rings. The molecule has 0 spiro atoms. The van der Waals surface area contributed by atoms with Crippen LogP contribution in [0.5, 0.6) is 0 Å². The van der Waals surface area contributed by atoms with Crippen LogP contribution in [-0.2, 0) is 0 Å². The number of para-hydroxylation sites is 2. The van der Waals surface area contributed by atoms with Crippen molar-refractivity contribution < 1.29 is 4.39 Å². The third-order valence-electron chi connectivity index (χ3n) is 5.07. The number of aromatic amines is 1. The summed E-state index contributed by atoms with van der Waals surface area (Å²) >= 11 is 0. The zero-order valence-electron chi connectivity index (χ0n) is 14.8. The van der Waals surface area contributed by atoms with Crippen LogP contribution in [0.2, 0.25) is 0 Å². The molecule has 2 aromatic carbocycles. The molecule has 1 aliphatic heterocycles. The maximum atomic E-state index is 13.9. The Morgan fingerprint density at radius 1 is 1.00 bits per heavy atom. The minimum Gasteiger partial charge on any atom is -0.353 e. The van der Waals surface area contributed by atoms with Gasteiger partial charge in [0, 0.05) is 12.7 Å². The van der Waals surface area contributed by atoms with Crippen LogP contribution in [0, 0.1) is 0 Å². The van der Waals surface area contributed by atoms with Crippen molar-refractivity contribution in [3.8, 4) is 22.5 Å². The molecule has 1 saturated heterocycles. The molecule has 0 saturated carbocycles. The Bertz CT molecular complexity index is 1060. The highest BCUT2D eigenvalue weighted by Crippen LogP contribution is 2.38. The normalized spacial score (nSPS) is 16.9. The molecule has 0 unspecified atom stereocenters. The van der Waals surface area contributed by atoms with Crippen LogP contribution in [0.1, 0.15) is 6.42 Å². The number of imidazole rings is 1. The first-order valence-electron chi connectivity index (χ1n) is 9.18. The maximum Gasteiger partial charge on any atom is 0.142 e. The van der Waals surface area contributed by atoms with Gasteiger partial charge in [-0.15, -0.1) is 0 Å². The number of H-pyrrole nitrogens is 1. The first kappa shape index (κ1) is 16.0. The molecule has 27 heavy (non-hydrogen) atoms. The van der Waals surface area contributed by atoms with Gasteiger partial charge in [0.05, 0.1) is 23.1 Å². The molecular formula is C22H19FN4. The predicted octanol–water partition coefficient (Wildman–Crippen LogP) is 4.84. The lowest BCUT2D eigenvalue weighted by molar-refractivity contribution is 0.364. The smallest absolute Gasteiger partial charge is 0.142 e. The Morgan fingerprint density at radius 2 is 1.81 bits per heavy atom. The topological polar surface area (TPSA) is 44.8 Å². The molecule has 1 aliphatic rings. The fourth-order valence-corrected chi connectivity index (χ4v) is 3.76. The summed E-state index contributed by atoms with van der Waals surface area (Å²) in [5, 5.41) is 0. The molecule has 1 atom stereocenters. The Balaban J connectivity index is 1.75. The summed E-state index contributed by atoms with van der Waals surface area (Å²) in [5.41, 5.74) is 4.95. The van der Waals surface area contributed by atoms with Gasteiger partial charge < -0.3 is 9.88 Å². The number of anilines is 1. The number of hydrogen-bond acceptors (Lipinski definition) is 3. The van der Waals surface area contributed by atoms with Crippen LogP contribution in [-0.4, -0.2) is 34.2 Å². The highest BCUT2D eigenvalue weighted by Gasteiger charge is 2.27. The summed E-state index contributed by atoms with van der Waals surface area (Å²) in [7, 11) is 0. The Morgan fingerprint density at radius 3 is 2.59 bits per heavy atom. The number of aromatic nitrogens is 3. The monoisotopic (exact) mass is 358 g/mol. The zero-order chi connectivity index (χ0) is 18.2. The summed E-state index contributed by atoms with van der Waals surface area (Å²) in [6, 6.07) is 20.2. The lowest BCUT2D eigenvalue weighted by Gasteiger charge is -2.21. The molecule has 134 valence electrons. The standard InChI is InChI=1S/C22H19FN4/c23-16-11-13-27(14-16)22-20(21-25-18-8-4-5-9-19(18)26-21)17(10-12-24-22)15-6-2-1-3-7-15/h1-10,12,16H,11,13-14H2,(H,25,26)/t16-/m0/s1. The highest BCUT2D eigenvalue weighted by molar-refractivity contribution is 5.91. The molecule has 0 bridgehead atoms. The first-order chi connectivity index (χ1) is 13.3. The van der Waals surface area contributed by atoms with Gasteiger partial charge in [0.1, 0.15) is 17.8 Å². The fraction of sp³-hybridized carbons (Fsp3) is 0.182. The molecule has 5 heteroatoms. The van der Waals surface area contributed by atoms with Crippen molar-refractivity contribution in [2.75, 3.05) is 18.0 Å². The van der Waals surface area contributed by atoms with E-state index in [9.17, 15) is 4.39 Å². The Labute approximate surface area is 156 Å². The van der Waals surface area contributed by atoms with Crippen LogP contribution in [0.4, 0.5) is 10.2 Å². The summed E-state index contributed by atoms with van der Waals surface area (Å²) in [6.45, 7) is 1.04. The van der Waals surface area contributed by atoms with E-state index in [0.717, 1.165) is 39.4 Å². The van der Waals surface area contributed by atoms with Gasteiger partial charge in [-0.1, -0.05) is 42.5 Å². The van der Waals surface area contributed by atoms with E-state index >= 15 is 0 Å². The van der Waals surface area contributed by atoms with Crippen LogP contribution in [0.15, 0.2) is 66.9 Å². The number of halogens is 1. The number of alkyl halides is 1. The first-order valence-corrected chi connectivity index (χ1v) is 9.18. The maximum absolute atomic E-state index is 13.9. The van der Waals surface area contributed by atoms with E-state index in [2.05, 4.69) is 22.1 Å². The van der Waals surface area contributed by atoms with Crippen LogP contribution in [0.25, 0.3) is 33.5 Å². The number of benzene rings is 2. The molecule has 1 N–H and O–H groups in total. The van der Waals surface area contributed by atoms with Crippen molar-refractivity contribution in [1.29, 1.82) is 0 Å². The third kappa shape index (κ3) is 2.85. The van der Waals surface area contributed by atoms with Crippen LogP contribution < -0.4 is 4.90 Å². The van der Waals surface area contributed by atoms with Crippen LogP contribution in [0.3, 0.4) is 0 Å². The number of hydrogen-bond donors (Lipinski definition) is 1. The van der Waals surface area contributed by atoms with Crippen LogP contribution >= 0.6 is 0 Å². The summed E-state index contributed by atoms with van der Waals surface area (Å²) in [6.07, 6.45) is 1.53. The van der Waals surface area contributed by atoms with E-state index in [1.54, 1.807) is 6.20 Å². The largest absolute Gasteiger partial charge is 0.353 e. The van der Waals surface area contributed by atoms with E-state index < -0.39 is 6.17 Å². The minimum absolute atomic E-state index is 0.373. The Hall–Kier alpha value is -3.21. The van der Waals surface area contributed by atoms with E-state index in [1.165, 1.54) is 0 Å². The van der Waals surface area contributed by atoms with E-state index in [1.807, 2.05) is 53.4 Å². The van der Waals surface area contributed by atoms with Gasteiger partial charge in [-0.2, -0.15) is 0 Å². The second-order valence-electron chi connectivity index (χ2n) is 6.86. The Kier molecular flexibility index (Phi) is 3.85. The van der Waals surface area contributed by atoms with Crippen molar-refractivity contribution in [1.82, 2.24) is 15.0 Å². The second kappa shape index (κ2) is 6.50. The molecule has 2 aromatic heterocycles. The predicted molar refractivity (Wildman–Crippen MR) is 106 cm³/mol. The van der Waals surface area contributed by atoms with Gasteiger partial charge in [-0.3, -0.25) is 0 Å². The van der Waals surface area contributed by atoms with Crippen molar-refractivity contribution in [3.63, 3.8) is 0 Å². The molecule has 5 rings (SSSR count). The third-order valence-corrected chi connectivity index (χ3v) is 5.07. The lowest BCUT2D eigenvalue weighted by atomic mass is 10.00. The summed E-state index contributed by atoms with van der Waals surface area (Å²) < 4.78 is 13.9. The number of pyridine rings is 1. The molecule has 4 nitrogen and oxygen atoms in total. The van der Waals surface area contributed by atoms with Crippen molar-refractivity contribution in [2.45, 2.75) is 12.6 Å². The van der Waals surface area contributed by atoms with Gasteiger partial charge in [0.25, 0.3) is 0 Å². The van der Waals surface area contributed by atoms with Gasteiger partial charge >= 0.3 is 0 Å². The zero-order valence-corrected chi connectivity index (χ0v) is 14.8. The van der Waals surface area contributed by atoms with E-state index in [-0.39, 0.29) is 0 Å². The van der Waals surface area contributed by atoms with Gasteiger partial charge in [-0.25, -0.2) is 14.4 Å². The fourth-order valence-electron chi connectivity index (χ4n) is 3.76.